The lowest BCUT2D eigenvalue weighted by molar-refractivity contribution is -0.131. The highest BCUT2D eigenvalue weighted by molar-refractivity contribution is 8.04. The Bertz CT molecular complexity index is 833. The van der Waals surface area contributed by atoms with E-state index in [0.717, 1.165) is 42.7 Å². The van der Waals surface area contributed by atoms with Crippen molar-refractivity contribution < 1.29 is 9.59 Å². The molecule has 0 radical (unpaired) electrons. The Labute approximate surface area is 184 Å². The Kier molecular flexibility index (Phi) is 6.98. The van der Waals surface area contributed by atoms with Gasteiger partial charge in [0.25, 0.3) is 5.91 Å². The minimum absolute atomic E-state index is 0.0158. The van der Waals surface area contributed by atoms with Crippen molar-refractivity contribution in [2.24, 2.45) is 5.92 Å². The topological polar surface area (TPSA) is 49.4 Å². The maximum absolute atomic E-state index is 12.9. The zero-order valence-electron chi connectivity index (χ0n) is 17.8. The Morgan fingerprint density at radius 2 is 2.07 bits per heavy atom. The molecule has 1 saturated heterocycles. The molecule has 2 amide bonds. The van der Waals surface area contributed by atoms with Crippen LogP contribution in [-0.2, 0) is 9.59 Å². The van der Waals surface area contributed by atoms with E-state index in [9.17, 15) is 9.59 Å². The third-order valence-electron chi connectivity index (χ3n) is 6.66. The predicted octanol–water partition coefficient (Wildman–Crippen LogP) is 4.78. The summed E-state index contributed by atoms with van der Waals surface area (Å²) >= 11 is 1.70. The van der Waals surface area contributed by atoms with E-state index in [1.165, 1.54) is 31.3 Å². The highest BCUT2D eigenvalue weighted by Crippen LogP contribution is 2.43. The number of amides is 2. The minimum atomic E-state index is 0.0158. The molecule has 1 aromatic carbocycles. The molecule has 2 aliphatic carbocycles. The molecule has 1 N–H and O–H groups in total. The molecule has 3 aliphatic rings. The van der Waals surface area contributed by atoms with Gasteiger partial charge in [-0.15, -0.1) is 11.8 Å². The highest BCUT2D eigenvalue weighted by atomic mass is 32.2. The van der Waals surface area contributed by atoms with E-state index in [1.54, 1.807) is 11.8 Å². The first-order valence-corrected chi connectivity index (χ1v) is 12.2. The lowest BCUT2D eigenvalue weighted by atomic mass is 9.83. The monoisotopic (exact) mass is 424 g/mol. The van der Waals surface area contributed by atoms with Crippen molar-refractivity contribution >= 4 is 29.7 Å². The molecule has 30 heavy (non-hydrogen) atoms. The van der Waals surface area contributed by atoms with Crippen LogP contribution in [0, 0.1) is 5.92 Å². The zero-order chi connectivity index (χ0) is 20.9. The van der Waals surface area contributed by atoms with Gasteiger partial charge in [0.15, 0.2) is 0 Å². The van der Waals surface area contributed by atoms with Gasteiger partial charge in [-0.3, -0.25) is 9.59 Å². The van der Waals surface area contributed by atoms with E-state index in [4.69, 9.17) is 0 Å². The average molecular weight is 425 g/mol. The van der Waals surface area contributed by atoms with E-state index >= 15 is 0 Å². The fourth-order valence-corrected chi connectivity index (χ4v) is 6.34. The number of rotatable bonds is 5. The van der Waals surface area contributed by atoms with Gasteiger partial charge in [0.1, 0.15) is 0 Å². The van der Waals surface area contributed by atoms with E-state index < -0.39 is 0 Å². The van der Waals surface area contributed by atoms with E-state index in [0.29, 0.717) is 5.25 Å². The summed E-state index contributed by atoms with van der Waals surface area (Å²) in [5, 5.41) is 3.54. The molecule has 3 atom stereocenters. The van der Waals surface area contributed by atoms with Crippen LogP contribution < -0.4 is 5.32 Å². The van der Waals surface area contributed by atoms with E-state index in [2.05, 4.69) is 11.4 Å². The fraction of sp³-hybridized carbons (Fsp3) is 0.520. The largest absolute Gasteiger partial charge is 0.356 e. The van der Waals surface area contributed by atoms with Crippen LogP contribution in [0.15, 0.2) is 46.9 Å². The quantitative estimate of drug-likeness (QED) is 0.547. The maximum atomic E-state index is 12.9. The number of carbonyl (C=O) groups excluding carboxylic acids is 2. The summed E-state index contributed by atoms with van der Waals surface area (Å²) in [4.78, 5) is 28.4. The minimum Gasteiger partial charge on any atom is -0.356 e. The molecule has 1 aliphatic heterocycles. The third kappa shape index (κ3) is 5.00. The Morgan fingerprint density at radius 3 is 2.83 bits per heavy atom. The summed E-state index contributed by atoms with van der Waals surface area (Å²) in [7, 11) is 1.90. The van der Waals surface area contributed by atoms with Crippen LogP contribution in [0.25, 0.3) is 6.08 Å². The molecular formula is C25H32N2O2S. The molecule has 5 heteroatoms. The summed E-state index contributed by atoms with van der Waals surface area (Å²) in [5.74, 6) is 0.263. The van der Waals surface area contributed by atoms with Crippen LogP contribution >= 0.6 is 11.8 Å². The van der Waals surface area contributed by atoms with Crippen LogP contribution in [0.5, 0.6) is 0 Å². The normalized spacial score (nSPS) is 28.1. The maximum Gasteiger partial charge on any atom is 0.260 e. The van der Waals surface area contributed by atoms with Gasteiger partial charge in [-0.1, -0.05) is 42.0 Å². The summed E-state index contributed by atoms with van der Waals surface area (Å²) in [6.45, 7) is 0.739. The summed E-state index contributed by atoms with van der Waals surface area (Å²) in [6, 6.07) is 10.2. The van der Waals surface area contributed by atoms with Crippen molar-refractivity contribution in [3.05, 3.63) is 52.4 Å². The van der Waals surface area contributed by atoms with Crippen LogP contribution in [0.1, 0.15) is 56.9 Å². The van der Waals surface area contributed by atoms with Gasteiger partial charge in [-0.25, -0.2) is 0 Å². The van der Waals surface area contributed by atoms with Gasteiger partial charge in [0.2, 0.25) is 5.91 Å². The van der Waals surface area contributed by atoms with Gasteiger partial charge < -0.3 is 10.2 Å². The number of hydrogen-bond donors (Lipinski definition) is 1. The van der Waals surface area contributed by atoms with Gasteiger partial charge in [0, 0.05) is 30.8 Å². The standard InChI is InChI=1S/C25H32N2O2S/c1-27-21-17-20(24(28)26-15-14-18-8-4-2-5-9-18)12-13-22(21)30-23(25(27)29)16-19-10-6-3-7-11-19/h3,6-8,10-11,16,20-22H,2,4-5,9,12-15,17H2,1H3,(H,26,28)/b23-16+. The molecule has 0 bridgehead atoms. The Hall–Kier alpha value is -2.01. The average Bonchev–Trinajstić information content (AvgIpc) is 2.78. The van der Waals surface area contributed by atoms with Crippen molar-refractivity contribution in [1.82, 2.24) is 10.2 Å². The van der Waals surface area contributed by atoms with Crippen LogP contribution in [0.3, 0.4) is 0 Å². The van der Waals surface area contributed by atoms with Crippen LogP contribution in [0.2, 0.25) is 0 Å². The predicted molar refractivity (Wildman–Crippen MR) is 124 cm³/mol. The molecule has 0 spiro atoms. The lowest BCUT2D eigenvalue weighted by Crippen LogP contribution is -2.52. The van der Waals surface area contributed by atoms with E-state index in [1.807, 2.05) is 48.4 Å². The number of carbonyl (C=O) groups is 2. The van der Waals surface area contributed by atoms with Crippen molar-refractivity contribution in [2.45, 2.75) is 62.7 Å². The second-order valence-electron chi connectivity index (χ2n) is 8.72. The van der Waals surface area contributed by atoms with Crippen molar-refractivity contribution in [3.63, 3.8) is 0 Å². The first kappa shape index (κ1) is 21.2. The first-order chi connectivity index (χ1) is 14.6. The molecule has 1 saturated carbocycles. The number of hydrogen-bond acceptors (Lipinski definition) is 3. The number of nitrogens with zero attached hydrogens (tertiary/aromatic N) is 1. The number of allylic oxidation sites excluding steroid dienone is 1. The van der Waals surface area contributed by atoms with Gasteiger partial charge in [-0.2, -0.15) is 0 Å². The Balaban J connectivity index is 1.33. The number of thioether (sulfide) groups is 1. The lowest BCUT2D eigenvalue weighted by Gasteiger charge is -2.44. The van der Waals surface area contributed by atoms with Crippen LogP contribution in [-0.4, -0.2) is 41.6 Å². The molecule has 2 fully saturated rings. The summed E-state index contributed by atoms with van der Waals surface area (Å²) < 4.78 is 0. The number of likely N-dealkylation sites (N-methyl/N-ethyl adjacent to an activating group) is 1. The summed E-state index contributed by atoms with van der Waals surface area (Å²) in [5.41, 5.74) is 2.55. The van der Waals surface area contributed by atoms with Gasteiger partial charge in [-0.05, 0) is 63.0 Å². The molecule has 4 nitrogen and oxygen atoms in total. The molecule has 4 rings (SSSR count). The van der Waals surface area contributed by atoms with Crippen molar-refractivity contribution in [3.8, 4) is 0 Å². The number of fused-ring (bicyclic) bond motifs is 1. The Morgan fingerprint density at radius 1 is 1.23 bits per heavy atom. The number of nitrogens with one attached hydrogen (secondary N) is 1. The van der Waals surface area contributed by atoms with Crippen LogP contribution in [0.4, 0.5) is 0 Å². The van der Waals surface area contributed by atoms with Gasteiger partial charge in [0.05, 0.1) is 4.91 Å². The molecule has 1 heterocycles. The van der Waals surface area contributed by atoms with Crippen molar-refractivity contribution in [1.29, 1.82) is 0 Å². The SMILES string of the molecule is CN1C(=O)/C(=C\c2ccccc2)SC2CCC(C(=O)NCCC3=CCCCC3)CC21. The fourth-order valence-electron chi connectivity index (χ4n) is 4.86. The summed E-state index contributed by atoms with van der Waals surface area (Å²) in [6.07, 6.45) is 12.9. The number of benzene rings is 1. The first-order valence-electron chi connectivity index (χ1n) is 11.3. The smallest absolute Gasteiger partial charge is 0.260 e. The third-order valence-corrected chi connectivity index (χ3v) is 8.06. The van der Waals surface area contributed by atoms with Gasteiger partial charge >= 0.3 is 0 Å². The van der Waals surface area contributed by atoms with Crippen molar-refractivity contribution in [2.75, 3.05) is 13.6 Å². The molecule has 3 unspecified atom stereocenters. The second-order valence-corrected chi connectivity index (χ2v) is 10.00. The second kappa shape index (κ2) is 9.86. The molecular weight excluding hydrogens is 392 g/mol. The molecule has 1 aromatic rings. The zero-order valence-corrected chi connectivity index (χ0v) is 18.6. The molecule has 0 aromatic heterocycles. The molecule has 160 valence electrons. The highest BCUT2D eigenvalue weighted by Gasteiger charge is 2.42. The van der Waals surface area contributed by atoms with E-state index in [-0.39, 0.29) is 23.8 Å².